The largest absolute Gasteiger partial charge is 0.299 e. The van der Waals surface area contributed by atoms with Gasteiger partial charge in [-0.3, -0.25) is 9.59 Å². The Hall–Kier alpha value is -1.18. The van der Waals surface area contributed by atoms with E-state index in [0.29, 0.717) is 11.6 Å². The summed E-state index contributed by atoms with van der Waals surface area (Å²) in [5.74, 6) is 0.779. The Bertz CT molecular complexity index is 556. The first kappa shape index (κ1) is 21.5. The van der Waals surface area contributed by atoms with Crippen LogP contribution in [0.4, 0.5) is 0 Å². The summed E-state index contributed by atoms with van der Waals surface area (Å²) in [5.41, 5.74) is 6.04. The highest BCUT2D eigenvalue weighted by atomic mass is 16.1. The molecule has 0 aliphatic heterocycles. The van der Waals surface area contributed by atoms with Gasteiger partial charge in [-0.15, -0.1) is 0 Å². The molecule has 0 heterocycles. The minimum atomic E-state index is -0.0218. The molecule has 4 unspecified atom stereocenters. The summed E-state index contributed by atoms with van der Waals surface area (Å²) >= 11 is 0. The summed E-state index contributed by atoms with van der Waals surface area (Å²) < 4.78 is 0. The lowest BCUT2D eigenvalue weighted by atomic mass is 9.56. The highest BCUT2D eigenvalue weighted by Crippen LogP contribution is 2.50. The maximum atomic E-state index is 13.6. The fraction of sp³-hybridized carbons (Fsp3) is 0.769. The van der Waals surface area contributed by atoms with E-state index < -0.39 is 0 Å². The zero-order valence-corrected chi connectivity index (χ0v) is 18.6. The molecular formula is C26H40O2. The lowest BCUT2D eigenvalue weighted by Gasteiger charge is -2.45. The SMILES string of the molecule is CCCC1=C(CCC)CC2C(=O)C3CC(CCC)=C(CCC)CC3C(=O)C2C1. The molecular weight excluding hydrogens is 344 g/mol. The van der Waals surface area contributed by atoms with Crippen molar-refractivity contribution in [3.63, 3.8) is 0 Å². The number of carbonyl (C=O) groups is 2. The van der Waals surface area contributed by atoms with E-state index in [-0.39, 0.29) is 23.7 Å². The first-order chi connectivity index (χ1) is 13.5. The van der Waals surface area contributed by atoms with Crippen LogP contribution in [0.3, 0.4) is 0 Å². The van der Waals surface area contributed by atoms with E-state index >= 15 is 0 Å². The molecule has 0 aromatic rings. The molecule has 0 aromatic heterocycles. The van der Waals surface area contributed by atoms with E-state index in [1.807, 2.05) is 0 Å². The summed E-state index contributed by atoms with van der Waals surface area (Å²) in [5, 5.41) is 0. The van der Waals surface area contributed by atoms with Gasteiger partial charge < -0.3 is 0 Å². The average Bonchev–Trinajstić information content (AvgIpc) is 2.68. The van der Waals surface area contributed by atoms with Crippen LogP contribution < -0.4 is 0 Å². The second kappa shape index (κ2) is 9.55. The van der Waals surface area contributed by atoms with Crippen LogP contribution in [-0.4, -0.2) is 11.6 Å². The molecule has 0 bridgehead atoms. The molecule has 0 aromatic carbocycles. The molecule has 28 heavy (non-hydrogen) atoms. The second-order valence-electron chi connectivity index (χ2n) is 9.46. The molecule has 0 spiro atoms. The average molecular weight is 385 g/mol. The summed E-state index contributed by atoms with van der Waals surface area (Å²) in [4.78, 5) is 27.1. The van der Waals surface area contributed by atoms with Crippen molar-refractivity contribution >= 4 is 11.6 Å². The number of hydrogen-bond donors (Lipinski definition) is 0. The van der Waals surface area contributed by atoms with Crippen molar-refractivity contribution in [1.82, 2.24) is 0 Å². The summed E-state index contributed by atoms with van der Waals surface area (Å²) in [6.07, 6.45) is 12.5. The number of hydrogen-bond acceptors (Lipinski definition) is 2. The van der Waals surface area contributed by atoms with Crippen molar-refractivity contribution < 1.29 is 9.59 Å². The van der Waals surface area contributed by atoms with Crippen molar-refractivity contribution in [2.75, 3.05) is 0 Å². The number of Topliss-reactive ketones (excluding diaryl/α,β-unsaturated/α-hetero) is 2. The Balaban J connectivity index is 1.89. The van der Waals surface area contributed by atoms with Crippen LogP contribution in [0.2, 0.25) is 0 Å². The number of carbonyl (C=O) groups excluding carboxylic acids is 2. The Morgan fingerprint density at radius 3 is 0.893 bits per heavy atom. The smallest absolute Gasteiger partial charge is 0.141 e. The normalized spacial score (nSPS) is 30.6. The van der Waals surface area contributed by atoms with Gasteiger partial charge in [0.15, 0.2) is 0 Å². The summed E-state index contributed by atoms with van der Waals surface area (Å²) in [7, 11) is 0. The van der Waals surface area contributed by atoms with Crippen LogP contribution in [-0.2, 0) is 9.59 Å². The maximum absolute atomic E-state index is 13.6. The van der Waals surface area contributed by atoms with Crippen LogP contribution in [0.5, 0.6) is 0 Å². The van der Waals surface area contributed by atoms with Crippen molar-refractivity contribution in [2.24, 2.45) is 23.7 Å². The van der Waals surface area contributed by atoms with Crippen LogP contribution in [0.1, 0.15) is 105 Å². The quantitative estimate of drug-likeness (QED) is 0.423. The van der Waals surface area contributed by atoms with Crippen LogP contribution >= 0.6 is 0 Å². The van der Waals surface area contributed by atoms with Gasteiger partial charge in [-0.2, -0.15) is 0 Å². The minimum absolute atomic E-state index is 0.0218. The van der Waals surface area contributed by atoms with Gasteiger partial charge in [0, 0.05) is 23.7 Å². The van der Waals surface area contributed by atoms with E-state index in [2.05, 4.69) is 27.7 Å². The summed E-state index contributed by atoms with van der Waals surface area (Å²) in [6.45, 7) is 8.91. The van der Waals surface area contributed by atoms with E-state index in [1.165, 1.54) is 22.3 Å². The Morgan fingerprint density at radius 2 is 0.714 bits per heavy atom. The van der Waals surface area contributed by atoms with Gasteiger partial charge in [0.05, 0.1) is 0 Å². The Labute approximate surface area is 172 Å². The first-order valence-corrected chi connectivity index (χ1v) is 12.0. The third kappa shape index (κ3) is 4.07. The lowest BCUT2D eigenvalue weighted by Crippen LogP contribution is -2.50. The zero-order chi connectivity index (χ0) is 20.3. The van der Waals surface area contributed by atoms with Gasteiger partial charge >= 0.3 is 0 Å². The third-order valence-corrected chi connectivity index (χ3v) is 7.51. The molecule has 2 heteroatoms. The van der Waals surface area contributed by atoms with Crippen molar-refractivity contribution in [2.45, 2.75) is 105 Å². The highest BCUT2D eigenvalue weighted by Gasteiger charge is 2.52. The van der Waals surface area contributed by atoms with Crippen LogP contribution in [0, 0.1) is 23.7 Å². The Kier molecular flexibility index (Phi) is 7.34. The second-order valence-corrected chi connectivity index (χ2v) is 9.46. The predicted octanol–water partition coefficient (Wildman–Crippen LogP) is 6.98. The van der Waals surface area contributed by atoms with Crippen molar-refractivity contribution in [1.29, 1.82) is 0 Å². The molecule has 1 saturated carbocycles. The van der Waals surface area contributed by atoms with Gasteiger partial charge in [-0.25, -0.2) is 0 Å². The molecule has 3 rings (SSSR count). The molecule has 0 amide bonds. The molecule has 2 nitrogen and oxygen atoms in total. The zero-order valence-electron chi connectivity index (χ0n) is 18.6. The van der Waals surface area contributed by atoms with Gasteiger partial charge in [-0.05, 0) is 51.4 Å². The number of allylic oxidation sites excluding steroid dienone is 4. The fourth-order valence-corrected chi connectivity index (χ4v) is 6.28. The number of ketones is 2. The van der Waals surface area contributed by atoms with E-state index in [4.69, 9.17) is 0 Å². The van der Waals surface area contributed by atoms with E-state index in [0.717, 1.165) is 77.0 Å². The molecule has 156 valence electrons. The molecule has 1 fully saturated rings. The fourth-order valence-electron chi connectivity index (χ4n) is 6.28. The predicted molar refractivity (Wildman–Crippen MR) is 116 cm³/mol. The molecule has 0 N–H and O–H groups in total. The monoisotopic (exact) mass is 384 g/mol. The minimum Gasteiger partial charge on any atom is -0.299 e. The number of rotatable bonds is 8. The van der Waals surface area contributed by atoms with Gasteiger partial charge in [0.25, 0.3) is 0 Å². The summed E-state index contributed by atoms with van der Waals surface area (Å²) in [6, 6.07) is 0. The highest BCUT2D eigenvalue weighted by molar-refractivity contribution is 6.00. The third-order valence-electron chi connectivity index (χ3n) is 7.51. The Morgan fingerprint density at radius 1 is 0.500 bits per heavy atom. The topological polar surface area (TPSA) is 34.1 Å². The van der Waals surface area contributed by atoms with E-state index in [1.54, 1.807) is 0 Å². The maximum Gasteiger partial charge on any atom is 0.141 e. The van der Waals surface area contributed by atoms with Gasteiger partial charge in [0.1, 0.15) is 11.6 Å². The standard InChI is InChI=1S/C26H40O2/c1-5-9-17-13-21-22(14-18(17)10-6-2)26(28)24-16-20(12-8-4)19(11-7-3)15-23(24)25(21)27/h21-24H,5-16H2,1-4H3. The first-order valence-electron chi connectivity index (χ1n) is 12.0. The number of fused-ring (bicyclic) bond motifs is 2. The molecule has 3 aliphatic rings. The molecule has 3 aliphatic carbocycles. The van der Waals surface area contributed by atoms with Gasteiger partial charge in [-0.1, -0.05) is 75.7 Å². The van der Waals surface area contributed by atoms with Crippen LogP contribution in [0.15, 0.2) is 22.3 Å². The van der Waals surface area contributed by atoms with Crippen molar-refractivity contribution in [3.05, 3.63) is 22.3 Å². The van der Waals surface area contributed by atoms with Crippen molar-refractivity contribution in [3.8, 4) is 0 Å². The van der Waals surface area contributed by atoms with Gasteiger partial charge in [0.2, 0.25) is 0 Å². The molecule has 0 saturated heterocycles. The molecule has 0 radical (unpaired) electrons. The molecule has 4 atom stereocenters. The van der Waals surface area contributed by atoms with E-state index in [9.17, 15) is 9.59 Å². The lowest BCUT2D eigenvalue weighted by molar-refractivity contribution is -0.148. The van der Waals surface area contributed by atoms with Crippen LogP contribution in [0.25, 0.3) is 0 Å².